The second-order valence-electron chi connectivity index (χ2n) is 6.05. The van der Waals surface area contributed by atoms with Gasteiger partial charge in [0.15, 0.2) is 0 Å². The first-order valence-corrected chi connectivity index (χ1v) is 8.97. The van der Waals surface area contributed by atoms with E-state index in [9.17, 15) is 9.59 Å². The van der Waals surface area contributed by atoms with Crippen molar-refractivity contribution in [3.63, 3.8) is 0 Å². The average Bonchev–Trinajstić information content (AvgIpc) is 3.00. The number of hydrogen-bond donors (Lipinski definition) is 1. The van der Waals surface area contributed by atoms with Crippen LogP contribution in [0.1, 0.15) is 25.7 Å². The van der Waals surface area contributed by atoms with Crippen LogP contribution in [0.3, 0.4) is 0 Å². The van der Waals surface area contributed by atoms with E-state index in [1.807, 2.05) is 22.7 Å². The molecule has 2 aliphatic rings. The van der Waals surface area contributed by atoms with E-state index in [1.54, 1.807) is 0 Å². The molecule has 118 valence electrons. The Morgan fingerprint density at radius 1 is 1.18 bits per heavy atom. The number of hydrogen-bond acceptors (Lipinski definition) is 3. The smallest absolute Gasteiger partial charge is 0.245 e. The van der Waals surface area contributed by atoms with Gasteiger partial charge >= 0.3 is 0 Å². The molecule has 2 heterocycles. The molecule has 0 spiro atoms. The Bertz CT molecular complexity index is 527. The summed E-state index contributed by atoms with van der Waals surface area (Å²) in [6, 6.07) is 10.2. The summed E-state index contributed by atoms with van der Waals surface area (Å²) in [5, 5.41) is 2.77. The molecule has 0 aliphatic carbocycles. The number of amides is 2. The second kappa shape index (κ2) is 7.18. The van der Waals surface area contributed by atoms with Gasteiger partial charge in [0, 0.05) is 30.2 Å². The minimum absolute atomic E-state index is 0.00694. The molecule has 4 nitrogen and oxygen atoms in total. The van der Waals surface area contributed by atoms with E-state index in [4.69, 9.17) is 0 Å². The van der Waals surface area contributed by atoms with Crippen molar-refractivity contribution in [2.45, 2.75) is 36.6 Å². The Hall–Kier alpha value is -1.49. The third-order valence-corrected chi connectivity index (χ3v) is 5.69. The second-order valence-corrected chi connectivity index (χ2v) is 7.14. The van der Waals surface area contributed by atoms with Crippen LogP contribution in [0, 0.1) is 5.92 Å². The molecular formula is C17H22N2O2S. The standard InChI is InChI=1S/C17H22N2O2S/c20-16-7-6-15(18-16)17(21)19-10-8-13(9-11-19)12-22-14-4-2-1-3-5-14/h1-5,13,15H,6-12H2,(H,18,20). The molecule has 0 aromatic heterocycles. The van der Waals surface area contributed by atoms with Gasteiger partial charge in [-0.05, 0) is 37.3 Å². The van der Waals surface area contributed by atoms with Crippen molar-refractivity contribution in [3.8, 4) is 0 Å². The van der Waals surface area contributed by atoms with Crippen LogP contribution in [-0.4, -0.2) is 41.6 Å². The topological polar surface area (TPSA) is 49.4 Å². The van der Waals surface area contributed by atoms with Crippen LogP contribution in [-0.2, 0) is 9.59 Å². The molecule has 2 amide bonds. The van der Waals surface area contributed by atoms with Crippen molar-refractivity contribution in [3.05, 3.63) is 30.3 Å². The molecule has 0 bridgehead atoms. The van der Waals surface area contributed by atoms with Gasteiger partial charge in [-0.1, -0.05) is 18.2 Å². The maximum Gasteiger partial charge on any atom is 0.245 e. The van der Waals surface area contributed by atoms with Crippen molar-refractivity contribution in [2.24, 2.45) is 5.92 Å². The third kappa shape index (κ3) is 3.83. The number of nitrogens with zero attached hydrogens (tertiary/aromatic N) is 1. The molecule has 0 saturated carbocycles. The maximum atomic E-state index is 12.3. The van der Waals surface area contributed by atoms with Gasteiger partial charge in [-0.2, -0.15) is 0 Å². The molecule has 1 atom stereocenters. The minimum atomic E-state index is -0.275. The minimum Gasteiger partial charge on any atom is -0.344 e. The van der Waals surface area contributed by atoms with Gasteiger partial charge in [0.25, 0.3) is 0 Å². The fourth-order valence-corrected chi connectivity index (χ4v) is 4.18. The highest BCUT2D eigenvalue weighted by molar-refractivity contribution is 7.99. The molecule has 2 aliphatic heterocycles. The van der Waals surface area contributed by atoms with Crippen LogP contribution in [0.15, 0.2) is 35.2 Å². The average molecular weight is 318 g/mol. The Morgan fingerprint density at radius 2 is 1.91 bits per heavy atom. The van der Waals surface area contributed by atoms with E-state index in [0.29, 0.717) is 18.8 Å². The summed E-state index contributed by atoms with van der Waals surface area (Å²) >= 11 is 1.90. The first-order chi connectivity index (χ1) is 10.7. The Labute approximate surface area is 135 Å². The van der Waals surface area contributed by atoms with Gasteiger partial charge in [-0.3, -0.25) is 9.59 Å². The predicted molar refractivity (Wildman–Crippen MR) is 87.6 cm³/mol. The summed E-state index contributed by atoms with van der Waals surface area (Å²) in [6.07, 6.45) is 3.26. The van der Waals surface area contributed by atoms with E-state index in [1.165, 1.54) is 4.90 Å². The number of nitrogens with one attached hydrogen (secondary N) is 1. The maximum absolute atomic E-state index is 12.3. The first kappa shape index (κ1) is 15.4. The van der Waals surface area contributed by atoms with Gasteiger partial charge in [0.1, 0.15) is 6.04 Å². The van der Waals surface area contributed by atoms with Crippen molar-refractivity contribution < 1.29 is 9.59 Å². The van der Waals surface area contributed by atoms with E-state index < -0.39 is 0 Å². The summed E-state index contributed by atoms with van der Waals surface area (Å²) in [4.78, 5) is 26.8. The van der Waals surface area contributed by atoms with Gasteiger partial charge in [0.2, 0.25) is 11.8 Å². The molecule has 22 heavy (non-hydrogen) atoms. The molecular weight excluding hydrogens is 296 g/mol. The SMILES string of the molecule is O=C1CCC(C(=O)N2CCC(CSc3ccccc3)CC2)N1. The van der Waals surface area contributed by atoms with Gasteiger partial charge in [-0.15, -0.1) is 11.8 Å². The molecule has 2 fully saturated rings. The monoisotopic (exact) mass is 318 g/mol. The number of piperidine rings is 1. The molecule has 1 N–H and O–H groups in total. The number of carbonyl (C=O) groups excluding carboxylic acids is 2. The molecule has 0 radical (unpaired) electrons. The van der Waals surface area contributed by atoms with Gasteiger partial charge in [-0.25, -0.2) is 0 Å². The molecule has 2 saturated heterocycles. The van der Waals surface area contributed by atoms with Crippen LogP contribution in [0.4, 0.5) is 0 Å². The van der Waals surface area contributed by atoms with Gasteiger partial charge < -0.3 is 10.2 Å². The van der Waals surface area contributed by atoms with E-state index >= 15 is 0 Å². The zero-order chi connectivity index (χ0) is 15.4. The van der Waals surface area contributed by atoms with E-state index in [-0.39, 0.29) is 17.9 Å². The summed E-state index contributed by atoms with van der Waals surface area (Å²) in [7, 11) is 0. The Balaban J connectivity index is 1.42. The predicted octanol–water partition coefficient (Wildman–Crippen LogP) is 2.30. The lowest BCUT2D eigenvalue weighted by Crippen LogP contribution is -2.47. The van der Waals surface area contributed by atoms with Crippen molar-refractivity contribution in [1.82, 2.24) is 10.2 Å². The quantitative estimate of drug-likeness (QED) is 0.867. The normalized spacial score (nSPS) is 22.6. The van der Waals surface area contributed by atoms with Crippen LogP contribution in [0.2, 0.25) is 0 Å². The fourth-order valence-electron chi connectivity index (χ4n) is 3.07. The van der Waals surface area contributed by atoms with Crippen LogP contribution in [0.25, 0.3) is 0 Å². The molecule has 1 aromatic carbocycles. The van der Waals surface area contributed by atoms with Crippen molar-refractivity contribution in [2.75, 3.05) is 18.8 Å². The van der Waals surface area contributed by atoms with Gasteiger partial charge in [0.05, 0.1) is 0 Å². The number of benzene rings is 1. The molecule has 5 heteroatoms. The highest BCUT2D eigenvalue weighted by atomic mass is 32.2. The van der Waals surface area contributed by atoms with Crippen LogP contribution < -0.4 is 5.32 Å². The van der Waals surface area contributed by atoms with Crippen LogP contribution >= 0.6 is 11.8 Å². The van der Waals surface area contributed by atoms with Crippen molar-refractivity contribution in [1.29, 1.82) is 0 Å². The lowest BCUT2D eigenvalue weighted by Gasteiger charge is -2.33. The lowest BCUT2D eigenvalue weighted by molar-refractivity contribution is -0.135. The summed E-state index contributed by atoms with van der Waals surface area (Å²) in [6.45, 7) is 1.65. The number of carbonyl (C=O) groups is 2. The molecule has 3 rings (SSSR count). The van der Waals surface area contributed by atoms with E-state index in [0.717, 1.165) is 31.7 Å². The van der Waals surface area contributed by atoms with Crippen molar-refractivity contribution >= 4 is 23.6 Å². The Kier molecular flexibility index (Phi) is 5.03. The van der Waals surface area contributed by atoms with E-state index in [2.05, 4.69) is 29.6 Å². The third-order valence-electron chi connectivity index (χ3n) is 4.45. The zero-order valence-corrected chi connectivity index (χ0v) is 13.5. The summed E-state index contributed by atoms with van der Waals surface area (Å²) in [5.41, 5.74) is 0. The lowest BCUT2D eigenvalue weighted by atomic mass is 9.98. The fraction of sp³-hybridized carbons (Fsp3) is 0.529. The highest BCUT2D eigenvalue weighted by Gasteiger charge is 2.32. The Morgan fingerprint density at radius 3 is 2.55 bits per heavy atom. The number of likely N-dealkylation sites (tertiary alicyclic amines) is 1. The zero-order valence-electron chi connectivity index (χ0n) is 12.7. The summed E-state index contributed by atoms with van der Waals surface area (Å²) < 4.78 is 0. The summed E-state index contributed by atoms with van der Waals surface area (Å²) in [5.74, 6) is 1.91. The largest absolute Gasteiger partial charge is 0.344 e. The first-order valence-electron chi connectivity index (χ1n) is 7.98. The molecule has 1 unspecified atom stereocenters. The molecule has 1 aromatic rings. The number of rotatable bonds is 4. The highest BCUT2D eigenvalue weighted by Crippen LogP contribution is 2.27. The number of thioether (sulfide) groups is 1. The van der Waals surface area contributed by atoms with Crippen LogP contribution in [0.5, 0.6) is 0 Å².